The van der Waals surface area contributed by atoms with Gasteiger partial charge in [0.1, 0.15) is 0 Å². The number of carboxylic acid groups (broad SMARTS) is 1. The van der Waals surface area contributed by atoms with Crippen LogP contribution in [0.3, 0.4) is 0 Å². The van der Waals surface area contributed by atoms with Crippen molar-refractivity contribution in [2.24, 2.45) is 0 Å². The molecule has 0 radical (unpaired) electrons. The summed E-state index contributed by atoms with van der Waals surface area (Å²) < 4.78 is 1.77. The topological polar surface area (TPSA) is 68.0 Å². The molecule has 2 aromatic rings. The quantitative estimate of drug-likeness (QED) is 0.831. The molecule has 0 aliphatic heterocycles. The van der Waals surface area contributed by atoms with Crippen molar-refractivity contribution in [1.29, 1.82) is 0 Å². The van der Waals surface area contributed by atoms with E-state index in [1.807, 2.05) is 0 Å². The maximum Gasteiger partial charge on any atom is 0.358 e. The van der Waals surface area contributed by atoms with E-state index in [1.165, 1.54) is 10.5 Å². The maximum absolute atomic E-state index is 11.2. The van der Waals surface area contributed by atoms with E-state index in [0.717, 1.165) is 24.3 Å². The maximum atomic E-state index is 11.2. The van der Waals surface area contributed by atoms with Crippen LogP contribution in [0, 0.1) is 6.92 Å². The van der Waals surface area contributed by atoms with Gasteiger partial charge >= 0.3 is 5.97 Å². The Bertz CT molecular complexity index is 647. The molecule has 1 heterocycles. The highest BCUT2D eigenvalue weighted by Crippen LogP contribution is 2.41. The van der Waals surface area contributed by atoms with Gasteiger partial charge in [0.15, 0.2) is 5.69 Å². The molecule has 110 valence electrons. The zero-order valence-corrected chi connectivity index (χ0v) is 12.6. The van der Waals surface area contributed by atoms with E-state index >= 15 is 0 Å². The average molecular weight is 303 g/mol. The molecule has 1 fully saturated rings. The lowest BCUT2D eigenvalue weighted by Crippen LogP contribution is -2.09. The fraction of sp³-hybridized carbons (Fsp3) is 0.400. The first-order chi connectivity index (χ1) is 10.1. The van der Waals surface area contributed by atoms with Crippen LogP contribution in [0.15, 0.2) is 29.2 Å². The second-order valence-electron chi connectivity index (χ2n) is 5.29. The number of hydrogen-bond acceptors (Lipinski definition) is 4. The highest BCUT2D eigenvalue weighted by Gasteiger charge is 2.33. The summed E-state index contributed by atoms with van der Waals surface area (Å²) in [5.74, 6) is 0.204. The number of carboxylic acids is 1. The van der Waals surface area contributed by atoms with Crippen molar-refractivity contribution >= 4 is 17.7 Å². The molecule has 0 bridgehead atoms. The standard InChI is InChI=1S/C15H17N3O2S/c1-10-2-6-12(7-3-10)21-9-8-18-14(11-4-5-11)13(15(19)20)16-17-18/h2-3,6-7,11H,4-5,8-9H2,1H3,(H,19,20). The van der Waals surface area contributed by atoms with Crippen molar-refractivity contribution in [2.75, 3.05) is 5.75 Å². The molecule has 1 aliphatic carbocycles. The van der Waals surface area contributed by atoms with E-state index in [4.69, 9.17) is 5.11 Å². The van der Waals surface area contributed by atoms with E-state index < -0.39 is 5.97 Å². The van der Waals surface area contributed by atoms with Crippen LogP contribution in [0.4, 0.5) is 0 Å². The monoisotopic (exact) mass is 303 g/mol. The fourth-order valence-electron chi connectivity index (χ4n) is 2.28. The van der Waals surface area contributed by atoms with Crippen LogP contribution in [0.2, 0.25) is 0 Å². The summed E-state index contributed by atoms with van der Waals surface area (Å²) in [5, 5.41) is 17.0. The van der Waals surface area contributed by atoms with Gasteiger partial charge in [-0.3, -0.25) is 0 Å². The first kappa shape index (κ1) is 14.1. The van der Waals surface area contributed by atoms with E-state index in [-0.39, 0.29) is 5.69 Å². The zero-order chi connectivity index (χ0) is 14.8. The third-order valence-corrected chi connectivity index (χ3v) is 4.53. The number of benzene rings is 1. The van der Waals surface area contributed by atoms with E-state index in [0.29, 0.717) is 12.5 Å². The first-order valence-electron chi connectivity index (χ1n) is 7.01. The molecule has 1 aliphatic rings. The minimum absolute atomic E-state index is 0.123. The van der Waals surface area contributed by atoms with E-state index in [1.54, 1.807) is 16.4 Å². The molecule has 0 saturated heterocycles. The molecule has 0 amide bonds. The number of aromatic nitrogens is 3. The Labute approximate surface area is 127 Å². The van der Waals surface area contributed by atoms with Gasteiger partial charge in [0, 0.05) is 16.6 Å². The number of carbonyl (C=O) groups is 1. The van der Waals surface area contributed by atoms with Gasteiger partial charge in [-0.1, -0.05) is 22.9 Å². The van der Waals surface area contributed by atoms with Crippen molar-refractivity contribution in [1.82, 2.24) is 15.0 Å². The zero-order valence-electron chi connectivity index (χ0n) is 11.8. The summed E-state index contributed by atoms with van der Waals surface area (Å²) in [6.07, 6.45) is 2.08. The van der Waals surface area contributed by atoms with Crippen molar-refractivity contribution < 1.29 is 9.90 Å². The van der Waals surface area contributed by atoms with Gasteiger partial charge in [0.25, 0.3) is 0 Å². The third kappa shape index (κ3) is 3.26. The van der Waals surface area contributed by atoms with E-state index in [9.17, 15) is 4.79 Å². The molecule has 1 aromatic heterocycles. The molecule has 0 spiro atoms. The average Bonchev–Trinajstić information content (AvgIpc) is 3.21. The second-order valence-corrected chi connectivity index (χ2v) is 6.46. The minimum Gasteiger partial charge on any atom is -0.476 e. The van der Waals surface area contributed by atoms with Crippen LogP contribution < -0.4 is 0 Å². The van der Waals surface area contributed by atoms with Crippen molar-refractivity contribution in [3.05, 3.63) is 41.2 Å². The lowest BCUT2D eigenvalue weighted by molar-refractivity contribution is 0.0689. The Morgan fingerprint density at radius 3 is 2.71 bits per heavy atom. The summed E-state index contributed by atoms with van der Waals surface area (Å²) in [6, 6.07) is 8.39. The minimum atomic E-state index is -0.977. The molecular formula is C15H17N3O2S. The molecule has 5 nitrogen and oxygen atoms in total. The molecule has 1 saturated carbocycles. The predicted molar refractivity (Wildman–Crippen MR) is 80.9 cm³/mol. The molecular weight excluding hydrogens is 286 g/mol. The molecule has 3 rings (SSSR count). The van der Waals surface area contributed by atoms with Crippen molar-refractivity contribution in [3.8, 4) is 0 Å². The van der Waals surface area contributed by atoms with Crippen molar-refractivity contribution in [2.45, 2.75) is 37.1 Å². The van der Waals surface area contributed by atoms with Gasteiger partial charge in [-0.05, 0) is 31.9 Å². The van der Waals surface area contributed by atoms with Crippen molar-refractivity contribution in [3.63, 3.8) is 0 Å². The summed E-state index contributed by atoms with van der Waals surface area (Å²) in [4.78, 5) is 12.4. The van der Waals surface area contributed by atoms with Crippen LogP contribution >= 0.6 is 11.8 Å². The van der Waals surface area contributed by atoms with Gasteiger partial charge in [-0.25, -0.2) is 9.48 Å². The highest BCUT2D eigenvalue weighted by atomic mass is 32.2. The molecule has 21 heavy (non-hydrogen) atoms. The Kier molecular flexibility index (Phi) is 3.96. The number of rotatable bonds is 6. The summed E-state index contributed by atoms with van der Waals surface area (Å²) >= 11 is 1.75. The van der Waals surface area contributed by atoms with Gasteiger partial charge in [-0.15, -0.1) is 16.9 Å². The number of nitrogens with zero attached hydrogens (tertiary/aromatic N) is 3. The Balaban J connectivity index is 1.65. The fourth-order valence-corrected chi connectivity index (χ4v) is 3.11. The lowest BCUT2D eigenvalue weighted by Gasteiger charge is -2.06. The van der Waals surface area contributed by atoms with Crippen LogP contribution in [0.5, 0.6) is 0 Å². The number of hydrogen-bond donors (Lipinski definition) is 1. The molecule has 6 heteroatoms. The summed E-state index contributed by atoms with van der Waals surface area (Å²) in [7, 11) is 0. The van der Waals surface area contributed by atoms with Gasteiger partial charge in [0.05, 0.1) is 12.2 Å². The Morgan fingerprint density at radius 1 is 1.38 bits per heavy atom. The number of aromatic carboxylic acids is 1. The lowest BCUT2D eigenvalue weighted by atomic mass is 10.2. The van der Waals surface area contributed by atoms with Crippen LogP contribution in [0.25, 0.3) is 0 Å². The van der Waals surface area contributed by atoms with E-state index in [2.05, 4.69) is 41.5 Å². The number of aryl methyl sites for hydroxylation is 2. The molecule has 1 N–H and O–H groups in total. The number of thioether (sulfide) groups is 1. The summed E-state index contributed by atoms with van der Waals surface area (Å²) in [5.41, 5.74) is 2.17. The Morgan fingerprint density at radius 2 is 2.10 bits per heavy atom. The third-order valence-electron chi connectivity index (χ3n) is 3.53. The van der Waals surface area contributed by atoms with Crippen LogP contribution in [0.1, 0.15) is 40.5 Å². The molecule has 0 atom stereocenters. The predicted octanol–water partition coefficient (Wildman–Crippen LogP) is 2.95. The van der Waals surface area contributed by atoms with Gasteiger partial charge in [-0.2, -0.15) is 0 Å². The van der Waals surface area contributed by atoms with Gasteiger partial charge < -0.3 is 5.11 Å². The van der Waals surface area contributed by atoms with Crippen LogP contribution in [-0.4, -0.2) is 31.8 Å². The van der Waals surface area contributed by atoms with Gasteiger partial charge in [0.2, 0.25) is 0 Å². The largest absolute Gasteiger partial charge is 0.476 e. The highest BCUT2D eigenvalue weighted by molar-refractivity contribution is 7.99. The molecule has 0 unspecified atom stereocenters. The SMILES string of the molecule is Cc1ccc(SCCn2nnc(C(=O)O)c2C2CC2)cc1. The second kappa shape index (κ2) is 5.89. The Hall–Kier alpha value is -1.82. The van der Waals surface area contributed by atoms with Crippen LogP contribution in [-0.2, 0) is 6.54 Å². The first-order valence-corrected chi connectivity index (χ1v) is 8.00. The molecule has 1 aromatic carbocycles. The normalized spacial score (nSPS) is 14.3. The summed E-state index contributed by atoms with van der Waals surface area (Å²) in [6.45, 7) is 2.75. The smallest absolute Gasteiger partial charge is 0.358 e.